The second-order valence-corrected chi connectivity index (χ2v) is 9.29. The number of pyridine rings is 1. The Labute approximate surface area is 200 Å². The van der Waals surface area contributed by atoms with Gasteiger partial charge in [-0.3, -0.25) is 0 Å². The normalized spacial score (nSPS) is 14.0. The summed E-state index contributed by atoms with van der Waals surface area (Å²) in [6.45, 7) is 6.61. The smallest absolute Gasteiger partial charge is 0.276 e. The molecule has 0 saturated heterocycles. The van der Waals surface area contributed by atoms with Crippen LogP contribution in [0.2, 0.25) is 0 Å². The summed E-state index contributed by atoms with van der Waals surface area (Å²) in [5.41, 5.74) is 3.77. The number of hydrogen-bond acceptors (Lipinski definition) is 6. The first-order valence-corrected chi connectivity index (χ1v) is 11.7. The lowest BCUT2D eigenvalue weighted by Gasteiger charge is -2.28. The van der Waals surface area contributed by atoms with Gasteiger partial charge in [0.05, 0.1) is 11.8 Å². The molecule has 6 nitrogen and oxygen atoms in total. The number of nitrogens with zero attached hydrogens (tertiary/aromatic N) is 3. The molecule has 1 aliphatic carbocycles. The van der Waals surface area contributed by atoms with E-state index in [1.165, 1.54) is 30.4 Å². The summed E-state index contributed by atoms with van der Waals surface area (Å²) in [5, 5.41) is 3.82. The molecule has 4 aromatic rings. The maximum atomic E-state index is 6.00. The number of aryl methyl sites for hydroxylation is 1. The molecule has 0 spiro atoms. The van der Waals surface area contributed by atoms with Crippen LogP contribution in [0.5, 0.6) is 11.5 Å². The largest absolute Gasteiger partial charge is 0.490 e. The van der Waals surface area contributed by atoms with Crippen molar-refractivity contribution in [2.45, 2.75) is 58.2 Å². The average Bonchev–Trinajstić information content (AvgIpc) is 3.27. The Bertz CT molecular complexity index is 1240. The Hall–Kier alpha value is -3.67. The third-order valence-corrected chi connectivity index (χ3v) is 6.45. The molecule has 2 aromatic carbocycles. The fraction of sp³-hybridized carbons (Fsp3) is 0.321. The molecule has 34 heavy (non-hydrogen) atoms. The van der Waals surface area contributed by atoms with E-state index in [1.807, 2.05) is 30.3 Å². The van der Waals surface area contributed by atoms with E-state index in [9.17, 15) is 0 Å². The molecular formula is C28H29N3O3. The fourth-order valence-corrected chi connectivity index (χ4v) is 4.00. The van der Waals surface area contributed by atoms with Gasteiger partial charge in [0.15, 0.2) is 5.82 Å². The van der Waals surface area contributed by atoms with E-state index in [2.05, 4.69) is 65.4 Å². The molecule has 2 heterocycles. The molecular weight excluding hydrogens is 426 g/mol. The van der Waals surface area contributed by atoms with E-state index in [0.29, 0.717) is 30.1 Å². The van der Waals surface area contributed by atoms with Crippen molar-refractivity contribution in [3.63, 3.8) is 0 Å². The molecule has 0 bridgehead atoms. The highest BCUT2D eigenvalue weighted by Crippen LogP contribution is 2.34. The lowest BCUT2D eigenvalue weighted by Crippen LogP contribution is -2.24. The number of rotatable bonds is 8. The van der Waals surface area contributed by atoms with Crippen molar-refractivity contribution in [2.75, 3.05) is 0 Å². The number of ether oxygens (including phenoxy) is 2. The minimum absolute atomic E-state index is 0.133. The van der Waals surface area contributed by atoms with E-state index >= 15 is 0 Å². The van der Waals surface area contributed by atoms with E-state index in [4.69, 9.17) is 14.0 Å². The predicted molar refractivity (Wildman–Crippen MR) is 130 cm³/mol. The third kappa shape index (κ3) is 4.81. The number of aromatic nitrogens is 3. The average molecular weight is 456 g/mol. The Morgan fingerprint density at radius 1 is 0.882 bits per heavy atom. The molecule has 6 heteroatoms. The molecule has 1 aliphatic rings. The van der Waals surface area contributed by atoms with Gasteiger partial charge in [0, 0.05) is 5.41 Å². The first-order chi connectivity index (χ1) is 16.5. The molecule has 2 aromatic heterocycles. The van der Waals surface area contributed by atoms with Gasteiger partial charge in [-0.25, -0.2) is 4.98 Å². The molecule has 1 fully saturated rings. The van der Waals surface area contributed by atoms with Gasteiger partial charge in [0.1, 0.15) is 23.8 Å². The van der Waals surface area contributed by atoms with Crippen LogP contribution in [-0.2, 0) is 12.0 Å². The van der Waals surface area contributed by atoms with Gasteiger partial charge in [-0.1, -0.05) is 49.3 Å². The SMILES string of the molecule is Cc1noc(-c2cccc(COc3ccc(C(C)(C)c4ccc(OC5CCC5)cc4)cc3)n2)n1. The summed E-state index contributed by atoms with van der Waals surface area (Å²) in [5.74, 6) is 2.75. The monoisotopic (exact) mass is 455 g/mol. The zero-order valence-electron chi connectivity index (χ0n) is 19.8. The van der Waals surface area contributed by atoms with Crippen LogP contribution in [0.25, 0.3) is 11.6 Å². The van der Waals surface area contributed by atoms with Crippen LogP contribution in [0.15, 0.2) is 71.3 Å². The fourth-order valence-electron chi connectivity index (χ4n) is 4.00. The van der Waals surface area contributed by atoms with Gasteiger partial charge >= 0.3 is 0 Å². The van der Waals surface area contributed by atoms with Crippen LogP contribution < -0.4 is 9.47 Å². The topological polar surface area (TPSA) is 70.3 Å². The van der Waals surface area contributed by atoms with Gasteiger partial charge < -0.3 is 14.0 Å². The molecule has 0 unspecified atom stereocenters. The Morgan fingerprint density at radius 3 is 2.15 bits per heavy atom. The minimum Gasteiger partial charge on any atom is -0.490 e. The second kappa shape index (κ2) is 9.29. The van der Waals surface area contributed by atoms with Gasteiger partial charge in [0.25, 0.3) is 5.89 Å². The van der Waals surface area contributed by atoms with Gasteiger partial charge in [-0.05, 0) is 73.7 Å². The van der Waals surface area contributed by atoms with Crippen molar-refractivity contribution in [1.82, 2.24) is 15.1 Å². The van der Waals surface area contributed by atoms with Gasteiger partial charge in [-0.2, -0.15) is 4.98 Å². The van der Waals surface area contributed by atoms with E-state index in [1.54, 1.807) is 6.92 Å². The number of hydrogen-bond donors (Lipinski definition) is 0. The highest BCUT2D eigenvalue weighted by Gasteiger charge is 2.24. The molecule has 0 atom stereocenters. The van der Waals surface area contributed by atoms with Crippen molar-refractivity contribution >= 4 is 0 Å². The minimum atomic E-state index is -0.133. The number of benzene rings is 2. The molecule has 0 N–H and O–H groups in total. The van der Waals surface area contributed by atoms with Crippen molar-refractivity contribution in [3.8, 4) is 23.1 Å². The molecule has 0 radical (unpaired) electrons. The molecule has 0 aliphatic heterocycles. The van der Waals surface area contributed by atoms with Crippen molar-refractivity contribution in [2.24, 2.45) is 0 Å². The highest BCUT2D eigenvalue weighted by atomic mass is 16.5. The lowest BCUT2D eigenvalue weighted by atomic mass is 9.78. The van der Waals surface area contributed by atoms with Crippen LogP contribution in [-0.4, -0.2) is 21.2 Å². The predicted octanol–water partition coefficient (Wildman–Crippen LogP) is 6.28. The third-order valence-electron chi connectivity index (χ3n) is 6.45. The summed E-state index contributed by atoms with van der Waals surface area (Å²) >= 11 is 0. The standard InChI is InChI=1S/C28H29N3O3/c1-19-29-27(34-31-19)26-9-4-6-22(30-26)18-32-23-14-10-20(11-15-23)28(2,3)21-12-16-25(17-13-21)33-24-7-5-8-24/h4,6,9-17,24H,5,7-8,18H2,1-3H3. The summed E-state index contributed by atoms with van der Waals surface area (Å²) in [6, 6.07) is 22.5. The zero-order chi connectivity index (χ0) is 23.5. The maximum absolute atomic E-state index is 6.00. The zero-order valence-corrected chi connectivity index (χ0v) is 19.8. The first kappa shape index (κ1) is 22.1. The van der Waals surface area contributed by atoms with Gasteiger partial charge in [0.2, 0.25) is 0 Å². The van der Waals surface area contributed by atoms with Crippen LogP contribution in [0.4, 0.5) is 0 Å². The van der Waals surface area contributed by atoms with Crippen molar-refractivity contribution < 1.29 is 14.0 Å². The first-order valence-electron chi connectivity index (χ1n) is 11.7. The summed E-state index contributed by atoms with van der Waals surface area (Å²) < 4.78 is 17.2. The van der Waals surface area contributed by atoms with E-state index in [0.717, 1.165) is 17.2 Å². The van der Waals surface area contributed by atoms with Crippen LogP contribution in [0.3, 0.4) is 0 Å². The second-order valence-electron chi connectivity index (χ2n) is 9.29. The van der Waals surface area contributed by atoms with Crippen LogP contribution in [0.1, 0.15) is 55.8 Å². The van der Waals surface area contributed by atoms with E-state index in [-0.39, 0.29) is 5.41 Å². The van der Waals surface area contributed by atoms with Gasteiger partial charge in [-0.15, -0.1) is 0 Å². The molecule has 1 saturated carbocycles. The van der Waals surface area contributed by atoms with Crippen molar-refractivity contribution in [3.05, 3.63) is 89.4 Å². The molecule has 174 valence electrons. The summed E-state index contributed by atoms with van der Waals surface area (Å²) in [7, 11) is 0. The Balaban J connectivity index is 1.22. The lowest BCUT2D eigenvalue weighted by molar-refractivity contribution is 0.120. The molecule has 5 rings (SSSR count). The van der Waals surface area contributed by atoms with Crippen LogP contribution >= 0.6 is 0 Å². The highest BCUT2D eigenvalue weighted by molar-refractivity contribution is 5.46. The summed E-state index contributed by atoms with van der Waals surface area (Å²) in [4.78, 5) is 8.80. The van der Waals surface area contributed by atoms with E-state index < -0.39 is 0 Å². The summed E-state index contributed by atoms with van der Waals surface area (Å²) in [6.07, 6.45) is 4.01. The maximum Gasteiger partial charge on any atom is 0.276 e. The Morgan fingerprint density at radius 2 is 1.56 bits per heavy atom. The quantitative estimate of drug-likeness (QED) is 0.312. The molecule has 0 amide bonds. The van der Waals surface area contributed by atoms with Crippen molar-refractivity contribution in [1.29, 1.82) is 0 Å². The van der Waals surface area contributed by atoms with Crippen LogP contribution in [0, 0.1) is 6.92 Å². The Kier molecular flexibility index (Phi) is 6.05.